The van der Waals surface area contributed by atoms with Crippen molar-refractivity contribution in [2.75, 3.05) is 7.05 Å². The Balaban J connectivity index is 2.56. The Morgan fingerprint density at radius 2 is 2.21 bits per heavy atom. The molecule has 0 bridgehead atoms. The Labute approximate surface area is 86.1 Å². The fourth-order valence-corrected chi connectivity index (χ4v) is 1.17. The molecule has 2 atom stereocenters. The summed E-state index contributed by atoms with van der Waals surface area (Å²) in [6, 6.07) is 4.51. The minimum Gasteiger partial charge on any atom is -0.317 e. The molecule has 0 saturated carbocycles. The number of pyridine rings is 1. The topological polar surface area (TPSA) is 24.9 Å². The van der Waals surface area contributed by atoms with Crippen molar-refractivity contribution >= 4 is 6.08 Å². The third kappa shape index (κ3) is 3.30. The van der Waals surface area contributed by atoms with Crippen LogP contribution in [0, 0.1) is 5.92 Å². The lowest BCUT2D eigenvalue weighted by Gasteiger charge is -2.14. The zero-order valence-electron chi connectivity index (χ0n) is 9.07. The number of aromatic nitrogens is 1. The van der Waals surface area contributed by atoms with Crippen molar-refractivity contribution in [3.63, 3.8) is 0 Å². The van der Waals surface area contributed by atoms with Crippen molar-refractivity contribution in [1.82, 2.24) is 10.3 Å². The van der Waals surface area contributed by atoms with Crippen molar-refractivity contribution in [2.45, 2.75) is 19.9 Å². The van der Waals surface area contributed by atoms with Crippen molar-refractivity contribution in [1.29, 1.82) is 0 Å². The second kappa shape index (κ2) is 5.55. The highest BCUT2D eigenvalue weighted by atomic mass is 14.9. The summed E-state index contributed by atoms with van der Waals surface area (Å²) < 4.78 is 0. The van der Waals surface area contributed by atoms with E-state index in [1.54, 1.807) is 6.20 Å². The summed E-state index contributed by atoms with van der Waals surface area (Å²) >= 11 is 0. The number of nitrogens with one attached hydrogen (secondary N) is 1. The predicted octanol–water partition coefficient (Wildman–Crippen LogP) is 2.34. The smallest absolute Gasteiger partial charge is 0.0340 e. The molecule has 0 aliphatic heterocycles. The Kier molecular flexibility index (Phi) is 4.33. The number of nitrogens with zero attached hydrogens (tertiary/aromatic N) is 1. The van der Waals surface area contributed by atoms with Crippen LogP contribution in [0.1, 0.15) is 19.4 Å². The lowest BCUT2D eigenvalue weighted by atomic mass is 10.0. The maximum absolute atomic E-state index is 4.06. The molecule has 0 spiro atoms. The summed E-state index contributed by atoms with van der Waals surface area (Å²) in [5.41, 5.74) is 1.16. The normalized spacial score (nSPS) is 15.6. The first-order valence-electron chi connectivity index (χ1n) is 4.99. The van der Waals surface area contributed by atoms with Gasteiger partial charge >= 0.3 is 0 Å². The van der Waals surface area contributed by atoms with E-state index < -0.39 is 0 Å². The van der Waals surface area contributed by atoms with E-state index in [-0.39, 0.29) is 0 Å². The molecule has 2 unspecified atom stereocenters. The van der Waals surface area contributed by atoms with Crippen LogP contribution in [0.2, 0.25) is 0 Å². The van der Waals surface area contributed by atoms with Gasteiger partial charge in [-0.2, -0.15) is 0 Å². The van der Waals surface area contributed by atoms with Gasteiger partial charge in [0.15, 0.2) is 0 Å². The summed E-state index contributed by atoms with van der Waals surface area (Å²) in [5.74, 6) is 0.528. The molecule has 1 N–H and O–H groups in total. The van der Waals surface area contributed by atoms with E-state index in [9.17, 15) is 0 Å². The minimum atomic E-state index is 0.503. The summed E-state index contributed by atoms with van der Waals surface area (Å²) in [5, 5.41) is 3.23. The molecular weight excluding hydrogens is 172 g/mol. The molecule has 1 aromatic heterocycles. The third-order valence-electron chi connectivity index (χ3n) is 2.52. The molecule has 0 aliphatic rings. The van der Waals surface area contributed by atoms with Gasteiger partial charge in [0.05, 0.1) is 0 Å². The van der Waals surface area contributed by atoms with E-state index in [0.717, 1.165) is 5.56 Å². The molecular formula is C12H18N2. The molecule has 1 rings (SSSR count). The van der Waals surface area contributed by atoms with Crippen LogP contribution in [0.5, 0.6) is 0 Å². The SMILES string of the molecule is CNC(C)C(C)C=Cc1cccnc1. The molecule has 76 valence electrons. The highest BCUT2D eigenvalue weighted by Crippen LogP contribution is 2.07. The zero-order chi connectivity index (χ0) is 10.4. The standard InChI is InChI=1S/C12H18N2/c1-10(11(2)13-3)6-7-12-5-4-8-14-9-12/h4-11,13H,1-3H3. The fraction of sp³-hybridized carbons (Fsp3) is 0.417. The fourth-order valence-electron chi connectivity index (χ4n) is 1.17. The largest absolute Gasteiger partial charge is 0.317 e. The van der Waals surface area contributed by atoms with Gasteiger partial charge in [-0.25, -0.2) is 0 Å². The quantitative estimate of drug-likeness (QED) is 0.788. The van der Waals surface area contributed by atoms with E-state index in [2.05, 4.69) is 42.4 Å². The van der Waals surface area contributed by atoms with Crippen molar-refractivity contribution in [2.24, 2.45) is 5.92 Å². The van der Waals surface area contributed by atoms with Crippen molar-refractivity contribution in [3.05, 3.63) is 36.2 Å². The van der Waals surface area contributed by atoms with E-state index in [4.69, 9.17) is 0 Å². The highest BCUT2D eigenvalue weighted by molar-refractivity contribution is 5.47. The second-order valence-electron chi connectivity index (χ2n) is 3.58. The third-order valence-corrected chi connectivity index (χ3v) is 2.52. The van der Waals surface area contributed by atoms with Crippen LogP contribution in [-0.4, -0.2) is 18.1 Å². The molecule has 1 heterocycles. The van der Waals surface area contributed by atoms with Gasteiger partial charge in [0, 0.05) is 18.4 Å². The summed E-state index contributed by atoms with van der Waals surface area (Å²) in [6.45, 7) is 4.38. The molecule has 0 aromatic carbocycles. The van der Waals surface area contributed by atoms with E-state index in [1.807, 2.05) is 19.3 Å². The van der Waals surface area contributed by atoms with Crippen LogP contribution in [0.3, 0.4) is 0 Å². The monoisotopic (exact) mass is 190 g/mol. The van der Waals surface area contributed by atoms with Crippen LogP contribution in [0.25, 0.3) is 6.08 Å². The van der Waals surface area contributed by atoms with E-state index in [0.29, 0.717) is 12.0 Å². The van der Waals surface area contributed by atoms with Gasteiger partial charge in [-0.15, -0.1) is 0 Å². The molecule has 0 radical (unpaired) electrons. The summed E-state index contributed by atoms with van der Waals surface area (Å²) in [6.07, 6.45) is 7.98. The maximum atomic E-state index is 4.06. The molecule has 0 amide bonds. The number of hydrogen-bond acceptors (Lipinski definition) is 2. The molecule has 0 fully saturated rings. The summed E-state index contributed by atoms with van der Waals surface area (Å²) in [7, 11) is 1.99. The average Bonchev–Trinajstić information content (AvgIpc) is 2.26. The lowest BCUT2D eigenvalue weighted by molar-refractivity contribution is 0.500. The van der Waals surface area contributed by atoms with Crippen LogP contribution in [0.15, 0.2) is 30.6 Å². The molecule has 14 heavy (non-hydrogen) atoms. The molecule has 2 nitrogen and oxygen atoms in total. The van der Waals surface area contributed by atoms with Gasteiger partial charge in [0.2, 0.25) is 0 Å². The van der Waals surface area contributed by atoms with Gasteiger partial charge in [0.1, 0.15) is 0 Å². The Hall–Kier alpha value is -1.15. The van der Waals surface area contributed by atoms with Crippen molar-refractivity contribution in [3.8, 4) is 0 Å². The zero-order valence-corrected chi connectivity index (χ0v) is 9.07. The van der Waals surface area contributed by atoms with Crippen molar-refractivity contribution < 1.29 is 0 Å². The molecule has 0 aliphatic carbocycles. The van der Waals surface area contributed by atoms with Gasteiger partial charge in [-0.3, -0.25) is 4.98 Å². The first-order valence-corrected chi connectivity index (χ1v) is 4.99. The van der Waals surface area contributed by atoms with Gasteiger partial charge in [-0.1, -0.05) is 25.1 Å². The highest BCUT2D eigenvalue weighted by Gasteiger charge is 2.04. The van der Waals surface area contributed by atoms with Gasteiger partial charge in [-0.05, 0) is 31.5 Å². The maximum Gasteiger partial charge on any atom is 0.0340 e. The minimum absolute atomic E-state index is 0.503. The Morgan fingerprint density at radius 1 is 1.43 bits per heavy atom. The molecule has 2 heteroatoms. The molecule has 0 saturated heterocycles. The number of hydrogen-bond donors (Lipinski definition) is 1. The van der Waals surface area contributed by atoms with Crippen LogP contribution in [0.4, 0.5) is 0 Å². The predicted molar refractivity (Wildman–Crippen MR) is 61.0 cm³/mol. The Bertz CT molecular complexity index is 280. The van der Waals surface area contributed by atoms with Gasteiger partial charge in [0.25, 0.3) is 0 Å². The first-order chi connectivity index (χ1) is 6.74. The lowest BCUT2D eigenvalue weighted by Crippen LogP contribution is -2.27. The second-order valence-corrected chi connectivity index (χ2v) is 3.58. The van der Waals surface area contributed by atoms with E-state index >= 15 is 0 Å². The summed E-state index contributed by atoms with van der Waals surface area (Å²) in [4.78, 5) is 4.06. The van der Waals surface area contributed by atoms with Crippen LogP contribution >= 0.6 is 0 Å². The van der Waals surface area contributed by atoms with Gasteiger partial charge < -0.3 is 5.32 Å². The first kappa shape index (κ1) is 10.9. The number of rotatable bonds is 4. The Morgan fingerprint density at radius 3 is 2.79 bits per heavy atom. The average molecular weight is 190 g/mol. The van der Waals surface area contributed by atoms with E-state index in [1.165, 1.54) is 0 Å². The van der Waals surface area contributed by atoms with Crippen LogP contribution < -0.4 is 5.32 Å². The van der Waals surface area contributed by atoms with Crippen LogP contribution in [-0.2, 0) is 0 Å². The molecule has 1 aromatic rings.